The molecule has 0 aliphatic carbocycles. The van der Waals surface area contributed by atoms with Crippen molar-refractivity contribution < 1.29 is 22.3 Å². The molecule has 33 heavy (non-hydrogen) atoms. The Kier molecular flexibility index (Phi) is 6.78. The molecule has 174 valence electrons. The van der Waals surface area contributed by atoms with Gasteiger partial charge in [-0.2, -0.15) is 9.30 Å². The molecule has 0 bridgehead atoms. The quantitative estimate of drug-likeness (QED) is 0.496. The normalized spacial score (nSPS) is 17.9. The monoisotopic (exact) mass is 489 g/mol. The van der Waals surface area contributed by atoms with E-state index in [1.165, 1.54) is 27.8 Å². The zero-order valence-electron chi connectivity index (χ0n) is 18.1. The first-order chi connectivity index (χ1) is 15.8. The van der Waals surface area contributed by atoms with Crippen molar-refractivity contribution in [2.75, 3.05) is 20.2 Å². The van der Waals surface area contributed by atoms with E-state index in [9.17, 15) is 17.6 Å². The highest BCUT2D eigenvalue weighted by molar-refractivity contribution is 7.89. The molecule has 1 unspecified atom stereocenters. The van der Waals surface area contributed by atoms with E-state index in [1.54, 1.807) is 13.2 Å². The van der Waals surface area contributed by atoms with Crippen molar-refractivity contribution in [3.05, 3.63) is 65.7 Å². The van der Waals surface area contributed by atoms with E-state index in [2.05, 4.69) is 11.6 Å². The highest BCUT2D eigenvalue weighted by Gasteiger charge is 2.33. The van der Waals surface area contributed by atoms with Gasteiger partial charge in [0, 0.05) is 19.6 Å². The first kappa shape index (κ1) is 23.3. The molecule has 7 nitrogen and oxygen atoms in total. The average Bonchev–Trinajstić information content (AvgIpc) is 3.15. The van der Waals surface area contributed by atoms with Crippen molar-refractivity contribution in [1.29, 1.82) is 0 Å². The molecule has 3 aromatic rings. The van der Waals surface area contributed by atoms with Crippen molar-refractivity contribution in [1.82, 2.24) is 8.87 Å². The summed E-state index contributed by atoms with van der Waals surface area (Å²) in [6, 6.07) is 10.4. The van der Waals surface area contributed by atoms with E-state index in [1.807, 2.05) is 22.8 Å². The Bertz CT molecular complexity index is 1360. The van der Waals surface area contributed by atoms with Gasteiger partial charge in [0.1, 0.15) is 11.6 Å². The fourth-order valence-corrected chi connectivity index (χ4v) is 6.47. The van der Waals surface area contributed by atoms with Gasteiger partial charge in [-0.15, -0.1) is 6.58 Å². The first-order valence-electron chi connectivity index (χ1n) is 10.5. The number of rotatable bonds is 6. The number of piperidine rings is 1. The standard InChI is InChI=1S/C23H24FN3O4S2/c1-3-12-27-20-11-8-18(31-2)14-21(20)32-23(27)25-22(28)16-5-4-13-26(15-16)33(29,30)19-9-6-17(24)7-10-19/h3,6-11,14,16H,1,4-5,12-13,15H2,2H3. The summed E-state index contributed by atoms with van der Waals surface area (Å²) in [7, 11) is -2.23. The number of fused-ring (bicyclic) bond motifs is 1. The third-order valence-electron chi connectivity index (χ3n) is 5.59. The Morgan fingerprint density at radius 3 is 2.76 bits per heavy atom. The Hall–Kier alpha value is -2.82. The van der Waals surface area contributed by atoms with Gasteiger partial charge in [0.15, 0.2) is 4.80 Å². The van der Waals surface area contributed by atoms with Gasteiger partial charge in [-0.1, -0.05) is 17.4 Å². The van der Waals surface area contributed by atoms with Gasteiger partial charge >= 0.3 is 0 Å². The number of carbonyl (C=O) groups is 1. The summed E-state index contributed by atoms with van der Waals surface area (Å²) in [5, 5.41) is 0. The molecule has 0 N–H and O–H groups in total. The molecule has 0 radical (unpaired) electrons. The lowest BCUT2D eigenvalue weighted by Gasteiger charge is -2.30. The van der Waals surface area contributed by atoms with Crippen molar-refractivity contribution in [3.63, 3.8) is 0 Å². The summed E-state index contributed by atoms with van der Waals surface area (Å²) in [5.74, 6) is -0.703. The topological polar surface area (TPSA) is 81.0 Å². The molecule has 1 aliphatic heterocycles. The van der Waals surface area contributed by atoms with E-state index in [-0.39, 0.29) is 17.3 Å². The van der Waals surface area contributed by atoms with E-state index >= 15 is 0 Å². The van der Waals surface area contributed by atoms with Gasteiger partial charge in [0.2, 0.25) is 10.0 Å². The number of carbonyl (C=O) groups excluding carboxylic acids is 1. The van der Waals surface area contributed by atoms with Crippen molar-refractivity contribution in [3.8, 4) is 5.75 Å². The summed E-state index contributed by atoms with van der Waals surface area (Å²) < 4.78 is 48.6. The predicted molar refractivity (Wildman–Crippen MR) is 125 cm³/mol. The molecule has 1 atom stereocenters. The fourth-order valence-electron chi connectivity index (χ4n) is 3.87. The lowest BCUT2D eigenvalue weighted by Crippen LogP contribution is -2.42. The largest absolute Gasteiger partial charge is 0.497 e. The van der Waals surface area contributed by atoms with Crippen LogP contribution in [0, 0.1) is 11.7 Å². The number of nitrogens with zero attached hydrogens (tertiary/aromatic N) is 3. The highest BCUT2D eigenvalue weighted by atomic mass is 32.2. The molecule has 1 fully saturated rings. The summed E-state index contributed by atoms with van der Waals surface area (Å²) >= 11 is 1.37. The second-order valence-corrected chi connectivity index (χ2v) is 10.7. The summed E-state index contributed by atoms with van der Waals surface area (Å²) in [4.78, 5) is 18.0. The SMILES string of the molecule is C=CCn1c(=NC(=O)C2CCCN(S(=O)(=O)c3ccc(F)cc3)C2)sc2cc(OC)ccc21. The van der Waals surface area contributed by atoms with E-state index < -0.39 is 21.8 Å². The van der Waals surface area contributed by atoms with Crippen LogP contribution < -0.4 is 9.54 Å². The fraction of sp³-hybridized carbons (Fsp3) is 0.304. The summed E-state index contributed by atoms with van der Waals surface area (Å²) in [6.07, 6.45) is 2.83. The number of aromatic nitrogens is 1. The Morgan fingerprint density at radius 1 is 1.30 bits per heavy atom. The van der Waals surface area contributed by atoms with Crippen LogP contribution in [-0.2, 0) is 21.4 Å². The van der Waals surface area contributed by atoms with Gasteiger partial charge in [0.05, 0.1) is 28.1 Å². The molecule has 2 heterocycles. The maximum Gasteiger partial charge on any atom is 0.252 e. The van der Waals surface area contributed by atoms with Crippen LogP contribution in [0.5, 0.6) is 5.75 Å². The number of methoxy groups -OCH3 is 1. The summed E-state index contributed by atoms with van der Waals surface area (Å²) in [5.41, 5.74) is 0.913. The van der Waals surface area contributed by atoms with Crippen LogP contribution in [0.15, 0.2) is 65.0 Å². The van der Waals surface area contributed by atoms with Crippen LogP contribution in [0.1, 0.15) is 12.8 Å². The Balaban J connectivity index is 1.63. The van der Waals surface area contributed by atoms with Gasteiger partial charge in [-0.3, -0.25) is 4.79 Å². The van der Waals surface area contributed by atoms with Gasteiger partial charge in [-0.05, 0) is 55.3 Å². The second-order valence-electron chi connectivity index (χ2n) is 7.72. The second kappa shape index (κ2) is 9.58. The van der Waals surface area contributed by atoms with Crippen LogP contribution >= 0.6 is 11.3 Å². The Labute approximate surface area is 195 Å². The van der Waals surface area contributed by atoms with Crippen LogP contribution in [0.2, 0.25) is 0 Å². The van der Waals surface area contributed by atoms with Gasteiger partial charge < -0.3 is 9.30 Å². The number of thiazole rings is 1. The number of hydrogen-bond donors (Lipinski definition) is 0. The number of allylic oxidation sites excluding steroid dienone is 1. The number of sulfonamides is 1. The van der Waals surface area contributed by atoms with Gasteiger partial charge in [0.25, 0.3) is 5.91 Å². The van der Waals surface area contributed by atoms with Crippen molar-refractivity contribution in [2.45, 2.75) is 24.3 Å². The number of amides is 1. The molecule has 1 aliphatic rings. The minimum absolute atomic E-state index is 0.0104. The zero-order valence-corrected chi connectivity index (χ0v) is 19.7. The van der Waals surface area contributed by atoms with E-state index in [0.717, 1.165) is 22.3 Å². The minimum atomic E-state index is -3.82. The third-order valence-corrected chi connectivity index (χ3v) is 8.51. The predicted octanol–water partition coefficient (Wildman–Crippen LogP) is 3.56. The van der Waals surface area contributed by atoms with Crippen LogP contribution in [-0.4, -0.2) is 43.4 Å². The smallest absolute Gasteiger partial charge is 0.252 e. The first-order valence-corrected chi connectivity index (χ1v) is 12.7. The average molecular weight is 490 g/mol. The maximum absolute atomic E-state index is 13.2. The molecule has 1 saturated heterocycles. The molecular weight excluding hydrogens is 465 g/mol. The molecule has 4 rings (SSSR count). The molecule has 0 saturated carbocycles. The lowest BCUT2D eigenvalue weighted by atomic mass is 9.99. The number of benzene rings is 2. The van der Waals surface area contributed by atoms with Crippen LogP contribution in [0.4, 0.5) is 4.39 Å². The number of halogens is 1. The molecule has 0 spiro atoms. The minimum Gasteiger partial charge on any atom is -0.497 e. The number of hydrogen-bond acceptors (Lipinski definition) is 5. The molecule has 10 heteroatoms. The maximum atomic E-state index is 13.2. The Morgan fingerprint density at radius 2 is 2.06 bits per heavy atom. The van der Waals surface area contributed by atoms with Crippen molar-refractivity contribution in [2.24, 2.45) is 10.9 Å². The van der Waals surface area contributed by atoms with Crippen molar-refractivity contribution >= 4 is 37.5 Å². The highest BCUT2D eigenvalue weighted by Crippen LogP contribution is 2.26. The molecule has 1 aromatic heterocycles. The lowest BCUT2D eigenvalue weighted by molar-refractivity contribution is -0.122. The van der Waals surface area contributed by atoms with Gasteiger partial charge in [-0.25, -0.2) is 12.8 Å². The van der Waals surface area contributed by atoms with E-state index in [4.69, 9.17) is 4.74 Å². The number of ether oxygens (including phenoxy) is 1. The van der Waals surface area contributed by atoms with Crippen LogP contribution in [0.25, 0.3) is 10.2 Å². The molecular formula is C23H24FN3O4S2. The van der Waals surface area contributed by atoms with Crippen LogP contribution in [0.3, 0.4) is 0 Å². The third kappa shape index (κ3) is 4.78. The summed E-state index contributed by atoms with van der Waals surface area (Å²) in [6.45, 7) is 4.63. The van der Waals surface area contributed by atoms with E-state index in [0.29, 0.717) is 36.5 Å². The molecule has 1 amide bonds. The zero-order chi connectivity index (χ0) is 23.6. The molecule has 2 aromatic carbocycles.